The van der Waals surface area contributed by atoms with Crippen molar-refractivity contribution >= 4 is 29.2 Å². The van der Waals surface area contributed by atoms with E-state index < -0.39 is 5.97 Å². The van der Waals surface area contributed by atoms with Gasteiger partial charge in [0, 0.05) is 24.7 Å². The van der Waals surface area contributed by atoms with Gasteiger partial charge in [-0.15, -0.1) is 0 Å². The number of piperidine rings is 1. The lowest BCUT2D eigenvalue weighted by molar-refractivity contribution is -0.143. The second-order valence-corrected chi connectivity index (χ2v) is 5.97. The molecule has 0 aliphatic carbocycles. The van der Waals surface area contributed by atoms with E-state index in [1.165, 1.54) is 0 Å². The summed E-state index contributed by atoms with van der Waals surface area (Å²) in [7, 11) is 0. The Labute approximate surface area is 146 Å². The number of nitrogens with one attached hydrogen (secondary N) is 1. The van der Waals surface area contributed by atoms with Gasteiger partial charge in [-0.3, -0.25) is 9.59 Å². The number of amides is 1. The zero-order valence-corrected chi connectivity index (χ0v) is 14.3. The van der Waals surface area contributed by atoms with E-state index in [1.54, 1.807) is 19.1 Å². The molecule has 0 bridgehead atoms. The molecule has 0 saturated carbocycles. The molecule has 24 heavy (non-hydrogen) atoms. The monoisotopic (exact) mass is 349 g/mol. The highest BCUT2D eigenvalue weighted by Crippen LogP contribution is 2.27. The molecule has 1 N–H and O–H groups in total. The molecule has 7 heteroatoms. The Morgan fingerprint density at radius 3 is 2.71 bits per heavy atom. The van der Waals surface area contributed by atoms with Crippen LogP contribution in [0.4, 0.5) is 5.69 Å². The summed E-state index contributed by atoms with van der Waals surface area (Å²) in [4.78, 5) is 25.5. The first kappa shape index (κ1) is 18.1. The molecule has 1 aromatic rings. The number of anilines is 1. The molecule has 1 amide bonds. The number of carbonyl (C=O) groups is 2. The van der Waals surface area contributed by atoms with Crippen LogP contribution < -0.4 is 10.2 Å². The van der Waals surface area contributed by atoms with Crippen molar-refractivity contribution in [2.75, 3.05) is 31.1 Å². The van der Waals surface area contributed by atoms with Crippen molar-refractivity contribution in [1.82, 2.24) is 5.32 Å². The lowest BCUT2D eigenvalue weighted by Gasteiger charge is -2.33. The Balaban J connectivity index is 1.85. The normalized spacial score (nSPS) is 14.8. The summed E-state index contributed by atoms with van der Waals surface area (Å²) in [6.07, 6.45) is 1.40. The summed E-state index contributed by atoms with van der Waals surface area (Å²) in [6, 6.07) is 7.39. The van der Waals surface area contributed by atoms with E-state index >= 15 is 0 Å². The molecule has 1 aliphatic heterocycles. The molecule has 128 valence electrons. The summed E-state index contributed by atoms with van der Waals surface area (Å²) in [5.74, 6) is -0.638. The molecular formula is C17H20ClN3O3. The van der Waals surface area contributed by atoms with E-state index in [0.29, 0.717) is 30.0 Å². The second kappa shape index (κ2) is 8.55. The number of hydrogen-bond acceptors (Lipinski definition) is 5. The fourth-order valence-corrected chi connectivity index (χ4v) is 2.92. The molecule has 0 unspecified atom stereocenters. The molecule has 1 heterocycles. The molecule has 0 spiro atoms. The van der Waals surface area contributed by atoms with Crippen LogP contribution in [0.5, 0.6) is 0 Å². The number of halogens is 1. The van der Waals surface area contributed by atoms with Gasteiger partial charge in [0.1, 0.15) is 12.6 Å². The van der Waals surface area contributed by atoms with E-state index in [2.05, 4.69) is 10.2 Å². The third-order valence-electron chi connectivity index (χ3n) is 4.02. The highest BCUT2D eigenvalue weighted by Gasteiger charge is 2.25. The third kappa shape index (κ3) is 4.62. The minimum atomic E-state index is -0.421. The van der Waals surface area contributed by atoms with Crippen LogP contribution in [-0.2, 0) is 14.3 Å². The van der Waals surface area contributed by atoms with Crippen LogP contribution in [0.3, 0.4) is 0 Å². The van der Waals surface area contributed by atoms with Crippen LogP contribution in [0.15, 0.2) is 18.2 Å². The first-order valence-electron chi connectivity index (χ1n) is 7.93. The van der Waals surface area contributed by atoms with Crippen molar-refractivity contribution in [3.05, 3.63) is 28.8 Å². The average molecular weight is 350 g/mol. The molecule has 1 fully saturated rings. The third-order valence-corrected chi connectivity index (χ3v) is 4.33. The van der Waals surface area contributed by atoms with Gasteiger partial charge in [-0.1, -0.05) is 11.6 Å². The van der Waals surface area contributed by atoms with Crippen molar-refractivity contribution in [3.63, 3.8) is 0 Å². The maximum absolute atomic E-state index is 12.1. The lowest BCUT2D eigenvalue weighted by atomic mass is 9.95. The largest absolute Gasteiger partial charge is 0.465 e. The number of hydrogen-bond donors (Lipinski definition) is 1. The van der Waals surface area contributed by atoms with Crippen LogP contribution in [0.1, 0.15) is 25.3 Å². The number of nitrogens with zero attached hydrogens (tertiary/aromatic N) is 2. The van der Waals surface area contributed by atoms with Gasteiger partial charge in [0.15, 0.2) is 0 Å². The van der Waals surface area contributed by atoms with Gasteiger partial charge in [0.2, 0.25) is 5.91 Å². The van der Waals surface area contributed by atoms with Gasteiger partial charge < -0.3 is 15.0 Å². The standard InChI is InChI=1S/C17H20ClN3O3/c1-2-24-16(22)11-20-17(23)12-5-7-21(8-6-12)14-4-3-13(10-19)15(18)9-14/h3-4,9,12H,2,5-8,11H2,1H3,(H,20,23). The summed E-state index contributed by atoms with van der Waals surface area (Å²) in [5.41, 5.74) is 1.40. The van der Waals surface area contributed by atoms with E-state index in [1.807, 2.05) is 12.1 Å². The fraction of sp³-hybridized carbons (Fsp3) is 0.471. The van der Waals surface area contributed by atoms with Gasteiger partial charge in [-0.05, 0) is 38.0 Å². The number of nitriles is 1. The van der Waals surface area contributed by atoms with Gasteiger partial charge >= 0.3 is 5.97 Å². The maximum atomic E-state index is 12.1. The van der Waals surface area contributed by atoms with Gasteiger partial charge in [0.25, 0.3) is 0 Å². The fourth-order valence-electron chi connectivity index (χ4n) is 2.71. The highest BCUT2D eigenvalue weighted by atomic mass is 35.5. The molecule has 0 radical (unpaired) electrons. The van der Waals surface area contributed by atoms with Crippen molar-refractivity contribution in [3.8, 4) is 6.07 Å². The number of carbonyl (C=O) groups excluding carboxylic acids is 2. The number of ether oxygens (including phenoxy) is 1. The van der Waals surface area contributed by atoms with Crippen LogP contribution >= 0.6 is 11.6 Å². The smallest absolute Gasteiger partial charge is 0.325 e. The van der Waals surface area contributed by atoms with Crippen molar-refractivity contribution < 1.29 is 14.3 Å². The first-order chi connectivity index (χ1) is 11.5. The van der Waals surface area contributed by atoms with E-state index in [0.717, 1.165) is 18.8 Å². The van der Waals surface area contributed by atoms with Gasteiger partial charge in [0.05, 0.1) is 17.2 Å². The zero-order chi connectivity index (χ0) is 17.5. The summed E-state index contributed by atoms with van der Waals surface area (Å²) in [6.45, 7) is 3.39. The Morgan fingerprint density at radius 1 is 1.42 bits per heavy atom. The predicted octanol–water partition coefficient (Wildman–Crippen LogP) is 2.11. The molecule has 0 atom stereocenters. The molecule has 1 aliphatic rings. The minimum absolute atomic E-state index is 0.0852. The van der Waals surface area contributed by atoms with E-state index in [9.17, 15) is 9.59 Å². The quantitative estimate of drug-likeness (QED) is 0.823. The summed E-state index contributed by atoms with van der Waals surface area (Å²) in [5, 5.41) is 12.0. The van der Waals surface area contributed by atoms with Crippen LogP contribution in [0, 0.1) is 17.2 Å². The van der Waals surface area contributed by atoms with Crippen LogP contribution in [0.2, 0.25) is 5.02 Å². The molecular weight excluding hydrogens is 330 g/mol. The summed E-state index contributed by atoms with van der Waals surface area (Å²) < 4.78 is 4.79. The topological polar surface area (TPSA) is 82.4 Å². The summed E-state index contributed by atoms with van der Waals surface area (Å²) >= 11 is 6.07. The highest BCUT2D eigenvalue weighted by molar-refractivity contribution is 6.32. The SMILES string of the molecule is CCOC(=O)CNC(=O)C1CCN(c2ccc(C#N)c(Cl)c2)CC1. The van der Waals surface area contributed by atoms with Gasteiger partial charge in [-0.25, -0.2) is 0 Å². The molecule has 6 nitrogen and oxygen atoms in total. The lowest BCUT2D eigenvalue weighted by Crippen LogP contribution is -2.42. The van der Waals surface area contributed by atoms with Crippen molar-refractivity contribution in [2.45, 2.75) is 19.8 Å². The minimum Gasteiger partial charge on any atom is -0.465 e. The number of esters is 1. The predicted molar refractivity (Wildman–Crippen MR) is 90.7 cm³/mol. The second-order valence-electron chi connectivity index (χ2n) is 5.56. The molecule has 1 saturated heterocycles. The Kier molecular flexibility index (Phi) is 6.44. The molecule has 2 rings (SSSR count). The first-order valence-corrected chi connectivity index (χ1v) is 8.31. The number of rotatable bonds is 5. The molecule has 0 aromatic heterocycles. The maximum Gasteiger partial charge on any atom is 0.325 e. The van der Waals surface area contributed by atoms with Crippen molar-refractivity contribution in [2.24, 2.45) is 5.92 Å². The van der Waals surface area contributed by atoms with Crippen molar-refractivity contribution in [1.29, 1.82) is 5.26 Å². The van der Waals surface area contributed by atoms with E-state index in [4.69, 9.17) is 21.6 Å². The average Bonchev–Trinajstić information content (AvgIpc) is 2.60. The Bertz CT molecular complexity index is 649. The van der Waals surface area contributed by atoms with Crippen LogP contribution in [-0.4, -0.2) is 38.1 Å². The molecule has 1 aromatic carbocycles. The van der Waals surface area contributed by atoms with Crippen LogP contribution in [0.25, 0.3) is 0 Å². The van der Waals surface area contributed by atoms with Gasteiger partial charge in [-0.2, -0.15) is 5.26 Å². The number of benzene rings is 1. The Morgan fingerprint density at radius 2 is 2.12 bits per heavy atom. The Hall–Kier alpha value is -2.26. The zero-order valence-electron chi connectivity index (χ0n) is 13.5. The van der Waals surface area contributed by atoms with E-state index in [-0.39, 0.29) is 18.4 Å².